The molecule has 0 unspecified atom stereocenters. The maximum atomic E-state index is 6.06. The molecule has 1 aromatic carbocycles. The summed E-state index contributed by atoms with van der Waals surface area (Å²) in [4.78, 5) is 3.11. The lowest BCUT2D eigenvalue weighted by Crippen LogP contribution is -1.87. The standard InChI is InChI=1S/C10H9Cl2N/c11-3-1-7-5-8-2-4-13-10(8)6-9(7)12/h2,4-6,13H,1,3H2. The average Bonchev–Trinajstić information content (AvgIpc) is 2.52. The Bertz CT molecular complexity index is 420. The van der Waals surface area contributed by atoms with E-state index in [2.05, 4.69) is 11.1 Å². The molecule has 1 heterocycles. The zero-order valence-corrected chi connectivity index (χ0v) is 8.49. The zero-order valence-electron chi connectivity index (χ0n) is 6.98. The van der Waals surface area contributed by atoms with Gasteiger partial charge in [-0.1, -0.05) is 11.6 Å². The third-order valence-corrected chi connectivity index (χ3v) is 2.62. The molecule has 0 aliphatic heterocycles. The maximum absolute atomic E-state index is 6.06. The Hall–Kier alpha value is -0.660. The first-order chi connectivity index (χ1) is 6.31. The van der Waals surface area contributed by atoms with Gasteiger partial charge in [-0.15, -0.1) is 11.6 Å². The molecule has 0 saturated carbocycles. The highest BCUT2D eigenvalue weighted by Crippen LogP contribution is 2.23. The Morgan fingerprint density at radius 2 is 2.15 bits per heavy atom. The summed E-state index contributed by atoms with van der Waals surface area (Å²) in [7, 11) is 0. The predicted octanol–water partition coefficient (Wildman–Crippen LogP) is 3.60. The summed E-state index contributed by atoms with van der Waals surface area (Å²) in [5.74, 6) is 0.607. The van der Waals surface area contributed by atoms with E-state index in [1.807, 2.05) is 18.3 Å². The van der Waals surface area contributed by atoms with Crippen LogP contribution >= 0.6 is 23.2 Å². The molecule has 2 rings (SSSR count). The molecule has 68 valence electrons. The van der Waals surface area contributed by atoms with Crippen LogP contribution < -0.4 is 0 Å². The second-order valence-electron chi connectivity index (χ2n) is 2.95. The minimum atomic E-state index is 0.607. The van der Waals surface area contributed by atoms with E-state index >= 15 is 0 Å². The van der Waals surface area contributed by atoms with E-state index < -0.39 is 0 Å². The van der Waals surface area contributed by atoms with Crippen LogP contribution in [-0.2, 0) is 6.42 Å². The van der Waals surface area contributed by atoms with Crippen LogP contribution in [-0.4, -0.2) is 10.9 Å². The van der Waals surface area contributed by atoms with Gasteiger partial charge in [0, 0.05) is 22.6 Å². The minimum Gasteiger partial charge on any atom is -0.361 e. The van der Waals surface area contributed by atoms with E-state index in [1.165, 1.54) is 5.39 Å². The van der Waals surface area contributed by atoms with E-state index in [4.69, 9.17) is 23.2 Å². The van der Waals surface area contributed by atoms with Crippen LogP contribution in [0.3, 0.4) is 0 Å². The monoisotopic (exact) mass is 213 g/mol. The molecular formula is C10H9Cl2N. The Morgan fingerprint density at radius 1 is 1.31 bits per heavy atom. The molecule has 0 fully saturated rings. The molecule has 1 aromatic heterocycles. The van der Waals surface area contributed by atoms with Crippen LogP contribution in [0.5, 0.6) is 0 Å². The SMILES string of the molecule is ClCCc1cc2cc[nH]c2cc1Cl. The summed E-state index contributed by atoms with van der Waals surface area (Å²) in [6, 6.07) is 6.05. The van der Waals surface area contributed by atoms with Gasteiger partial charge >= 0.3 is 0 Å². The fraction of sp³-hybridized carbons (Fsp3) is 0.200. The summed E-state index contributed by atoms with van der Waals surface area (Å²) < 4.78 is 0. The normalized spacial score (nSPS) is 10.9. The van der Waals surface area contributed by atoms with Crippen molar-refractivity contribution in [2.24, 2.45) is 0 Å². The highest BCUT2D eigenvalue weighted by molar-refractivity contribution is 6.32. The Labute approximate surface area is 86.7 Å². The van der Waals surface area contributed by atoms with Gasteiger partial charge in [-0.3, -0.25) is 0 Å². The average molecular weight is 214 g/mol. The number of benzene rings is 1. The number of aryl methyl sites for hydroxylation is 1. The number of nitrogens with one attached hydrogen (secondary N) is 1. The van der Waals surface area contributed by atoms with Crippen molar-refractivity contribution >= 4 is 34.1 Å². The molecule has 3 heteroatoms. The molecule has 1 N–H and O–H groups in total. The summed E-state index contributed by atoms with van der Waals surface area (Å²) in [5.41, 5.74) is 2.19. The highest BCUT2D eigenvalue weighted by atomic mass is 35.5. The molecule has 13 heavy (non-hydrogen) atoms. The van der Waals surface area contributed by atoms with Crippen molar-refractivity contribution in [1.29, 1.82) is 0 Å². The fourth-order valence-electron chi connectivity index (χ4n) is 1.41. The van der Waals surface area contributed by atoms with E-state index in [0.29, 0.717) is 5.88 Å². The maximum Gasteiger partial charge on any atom is 0.0469 e. The molecule has 0 spiro atoms. The van der Waals surface area contributed by atoms with Gasteiger partial charge in [0.05, 0.1) is 0 Å². The summed E-state index contributed by atoms with van der Waals surface area (Å²) in [5, 5.41) is 1.97. The number of alkyl halides is 1. The largest absolute Gasteiger partial charge is 0.361 e. The summed E-state index contributed by atoms with van der Waals surface area (Å²) >= 11 is 11.7. The minimum absolute atomic E-state index is 0.607. The van der Waals surface area contributed by atoms with Crippen molar-refractivity contribution in [3.05, 3.63) is 35.0 Å². The molecule has 0 bridgehead atoms. The Balaban J connectivity index is 2.56. The second kappa shape index (κ2) is 3.60. The van der Waals surface area contributed by atoms with E-state index in [9.17, 15) is 0 Å². The van der Waals surface area contributed by atoms with E-state index in [-0.39, 0.29) is 0 Å². The number of fused-ring (bicyclic) bond motifs is 1. The van der Waals surface area contributed by atoms with Crippen molar-refractivity contribution in [3.8, 4) is 0 Å². The number of aromatic amines is 1. The Kier molecular flexibility index (Phi) is 2.47. The Morgan fingerprint density at radius 3 is 2.92 bits per heavy atom. The van der Waals surface area contributed by atoms with Crippen molar-refractivity contribution in [2.75, 3.05) is 5.88 Å². The zero-order chi connectivity index (χ0) is 9.26. The van der Waals surface area contributed by atoms with Crippen LogP contribution in [0.1, 0.15) is 5.56 Å². The van der Waals surface area contributed by atoms with Crippen LogP contribution in [0.2, 0.25) is 5.02 Å². The quantitative estimate of drug-likeness (QED) is 0.735. The number of halogens is 2. The number of hydrogen-bond acceptors (Lipinski definition) is 0. The van der Waals surface area contributed by atoms with Crippen LogP contribution in [0.15, 0.2) is 24.4 Å². The summed E-state index contributed by atoms with van der Waals surface area (Å²) in [6.07, 6.45) is 2.73. The molecule has 0 aliphatic carbocycles. The number of hydrogen-bond donors (Lipinski definition) is 1. The molecular weight excluding hydrogens is 205 g/mol. The predicted molar refractivity (Wildman–Crippen MR) is 57.7 cm³/mol. The molecule has 0 atom stereocenters. The van der Waals surface area contributed by atoms with Gasteiger partial charge in [-0.2, -0.15) is 0 Å². The van der Waals surface area contributed by atoms with Crippen molar-refractivity contribution in [1.82, 2.24) is 4.98 Å². The van der Waals surface area contributed by atoms with Crippen molar-refractivity contribution < 1.29 is 0 Å². The first-order valence-corrected chi connectivity index (χ1v) is 5.04. The first-order valence-electron chi connectivity index (χ1n) is 4.13. The van der Waals surface area contributed by atoms with Gasteiger partial charge in [0.2, 0.25) is 0 Å². The van der Waals surface area contributed by atoms with Gasteiger partial charge < -0.3 is 4.98 Å². The lowest BCUT2D eigenvalue weighted by atomic mass is 10.1. The van der Waals surface area contributed by atoms with Gasteiger partial charge in [-0.05, 0) is 35.6 Å². The van der Waals surface area contributed by atoms with Gasteiger partial charge in [0.1, 0.15) is 0 Å². The number of H-pyrrole nitrogens is 1. The molecule has 1 nitrogen and oxygen atoms in total. The van der Waals surface area contributed by atoms with Crippen molar-refractivity contribution in [3.63, 3.8) is 0 Å². The van der Waals surface area contributed by atoms with Crippen molar-refractivity contribution in [2.45, 2.75) is 6.42 Å². The molecule has 0 amide bonds. The topological polar surface area (TPSA) is 15.8 Å². The van der Waals surface area contributed by atoms with Gasteiger partial charge in [0.25, 0.3) is 0 Å². The van der Waals surface area contributed by atoms with Crippen LogP contribution in [0, 0.1) is 0 Å². The molecule has 0 aliphatic rings. The second-order valence-corrected chi connectivity index (χ2v) is 3.73. The van der Waals surface area contributed by atoms with Crippen LogP contribution in [0.25, 0.3) is 10.9 Å². The number of rotatable bonds is 2. The van der Waals surface area contributed by atoms with Gasteiger partial charge in [0.15, 0.2) is 0 Å². The van der Waals surface area contributed by atoms with Gasteiger partial charge in [-0.25, -0.2) is 0 Å². The molecule has 0 saturated heterocycles. The van der Waals surface area contributed by atoms with E-state index in [0.717, 1.165) is 22.5 Å². The number of aromatic nitrogens is 1. The van der Waals surface area contributed by atoms with Crippen LogP contribution in [0.4, 0.5) is 0 Å². The summed E-state index contributed by atoms with van der Waals surface area (Å²) in [6.45, 7) is 0. The third kappa shape index (κ3) is 1.67. The smallest absolute Gasteiger partial charge is 0.0469 e. The fourth-order valence-corrected chi connectivity index (χ4v) is 1.88. The molecule has 0 radical (unpaired) electrons. The third-order valence-electron chi connectivity index (χ3n) is 2.08. The lowest BCUT2D eigenvalue weighted by Gasteiger charge is -2.01. The first kappa shape index (κ1) is 8.92. The highest BCUT2D eigenvalue weighted by Gasteiger charge is 2.02. The molecule has 2 aromatic rings. The lowest BCUT2D eigenvalue weighted by molar-refractivity contribution is 1.16. The van der Waals surface area contributed by atoms with E-state index in [1.54, 1.807) is 0 Å².